The number of hydrogen-bond donors (Lipinski definition) is 1. The minimum absolute atomic E-state index is 0.420. The van der Waals surface area contributed by atoms with Crippen LogP contribution in [0.15, 0.2) is 36.7 Å². The lowest BCUT2D eigenvalue weighted by Gasteiger charge is -2.14. The summed E-state index contributed by atoms with van der Waals surface area (Å²) >= 11 is 0. The largest absolute Gasteiger partial charge is 0.485 e. The zero-order valence-corrected chi connectivity index (χ0v) is 11.7. The van der Waals surface area contributed by atoms with Crippen LogP contribution in [0.1, 0.15) is 36.3 Å². The van der Waals surface area contributed by atoms with Gasteiger partial charge in [0.2, 0.25) is 0 Å². The summed E-state index contributed by atoms with van der Waals surface area (Å²) in [4.78, 5) is 8.37. The Morgan fingerprint density at radius 3 is 2.90 bits per heavy atom. The summed E-state index contributed by atoms with van der Waals surface area (Å²) < 4.78 is 5.91. The summed E-state index contributed by atoms with van der Waals surface area (Å²) in [6, 6.07) is 8.57. The molecule has 3 rings (SSSR count). The molecule has 0 spiro atoms. The van der Waals surface area contributed by atoms with Crippen molar-refractivity contribution >= 4 is 0 Å². The molecule has 4 nitrogen and oxygen atoms in total. The van der Waals surface area contributed by atoms with Crippen LogP contribution in [0.4, 0.5) is 0 Å². The van der Waals surface area contributed by atoms with Gasteiger partial charge in [0.15, 0.2) is 5.82 Å². The van der Waals surface area contributed by atoms with Crippen LogP contribution in [0.3, 0.4) is 0 Å². The van der Waals surface area contributed by atoms with Gasteiger partial charge in [-0.25, -0.2) is 9.97 Å². The molecular formula is C16H19N3O. The van der Waals surface area contributed by atoms with Gasteiger partial charge in [-0.1, -0.05) is 19.1 Å². The summed E-state index contributed by atoms with van der Waals surface area (Å²) in [5, 5.41) is 3.52. The summed E-state index contributed by atoms with van der Waals surface area (Å²) in [5.74, 6) is 1.68. The molecule has 0 bridgehead atoms. The van der Waals surface area contributed by atoms with Crippen LogP contribution in [0.5, 0.6) is 5.75 Å². The highest BCUT2D eigenvalue weighted by molar-refractivity contribution is 5.45. The van der Waals surface area contributed by atoms with E-state index in [2.05, 4.69) is 34.3 Å². The van der Waals surface area contributed by atoms with Gasteiger partial charge in [-0.2, -0.15) is 0 Å². The minimum Gasteiger partial charge on any atom is -0.485 e. The van der Waals surface area contributed by atoms with E-state index in [4.69, 9.17) is 4.74 Å². The van der Waals surface area contributed by atoms with E-state index >= 15 is 0 Å². The zero-order valence-electron chi connectivity index (χ0n) is 11.7. The average molecular weight is 269 g/mol. The highest BCUT2D eigenvalue weighted by Crippen LogP contribution is 2.36. The van der Waals surface area contributed by atoms with Gasteiger partial charge in [-0.05, 0) is 42.6 Å². The summed E-state index contributed by atoms with van der Waals surface area (Å²) in [5.41, 5.74) is 2.70. The van der Waals surface area contributed by atoms with E-state index < -0.39 is 0 Å². The van der Waals surface area contributed by atoms with Crippen LogP contribution in [0.2, 0.25) is 0 Å². The molecule has 20 heavy (non-hydrogen) atoms. The maximum absolute atomic E-state index is 5.91. The molecule has 0 aliphatic heterocycles. The number of rotatable bonds is 5. The number of benzene rings is 1. The first-order valence-electron chi connectivity index (χ1n) is 7.12. The second kappa shape index (κ2) is 6.01. The molecule has 1 heterocycles. The van der Waals surface area contributed by atoms with E-state index in [1.54, 1.807) is 12.4 Å². The smallest absolute Gasteiger partial charge is 0.166 e. The Kier molecular flexibility index (Phi) is 3.92. The Labute approximate surface area is 119 Å². The number of hydrogen-bond acceptors (Lipinski definition) is 4. The maximum atomic E-state index is 5.91. The lowest BCUT2D eigenvalue weighted by atomic mass is 10.1. The van der Waals surface area contributed by atoms with Gasteiger partial charge in [-0.15, -0.1) is 0 Å². The van der Waals surface area contributed by atoms with Crippen LogP contribution in [-0.4, -0.2) is 16.5 Å². The van der Waals surface area contributed by atoms with Crippen LogP contribution in [0.25, 0.3) is 0 Å². The molecule has 1 aliphatic rings. The first kappa shape index (κ1) is 13.1. The van der Waals surface area contributed by atoms with E-state index in [1.807, 2.05) is 12.1 Å². The normalized spacial score (nSPS) is 16.9. The third-order valence-corrected chi connectivity index (χ3v) is 3.65. The lowest BCUT2D eigenvalue weighted by molar-refractivity contribution is 0.293. The minimum atomic E-state index is 0.420. The number of fused-ring (bicyclic) bond motifs is 1. The molecule has 0 radical (unpaired) electrons. The van der Waals surface area contributed by atoms with Crippen molar-refractivity contribution < 1.29 is 4.74 Å². The maximum Gasteiger partial charge on any atom is 0.166 e. The molecule has 1 N–H and O–H groups in total. The van der Waals surface area contributed by atoms with Crippen LogP contribution >= 0.6 is 0 Å². The highest BCUT2D eigenvalue weighted by atomic mass is 16.5. The van der Waals surface area contributed by atoms with E-state index in [-0.39, 0.29) is 0 Å². The second-order valence-electron chi connectivity index (χ2n) is 4.93. The summed E-state index contributed by atoms with van der Waals surface area (Å²) in [6.45, 7) is 3.56. The Balaban J connectivity index is 1.75. The monoisotopic (exact) mass is 269 g/mol. The molecule has 1 aliphatic carbocycles. The van der Waals surface area contributed by atoms with Gasteiger partial charge in [0.05, 0.1) is 0 Å². The van der Waals surface area contributed by atoms with Crippen LogP contribution < -0.4 is 10.1 Å². The molecule has 1 atom stereocenters. The van der Waals surface area contributed by atoms with Crippen molar-refractivity contribution in [3.63, 3.8) is 0 Å². The standard InChI is InChI=1S/C16H19N3O/c1-2-17-14-8-7-13-12(14)5-3-6-15(13)20-11-16-18-9-4-10-19-16/h3-6,9-10,14,17H,2,7-8,11H2,1H3. The second-order valence-corrected chi connectivity index (χ2v) is 4.93. The van der Waals surface area contributed by atoms with E-state index in [0.717, 1.165) is 25.1 Å². The number of aromatic nitrogens is 2. The van der Waals surface area contributed by atoms with Gasteiger partial charge < -0.3 is 10.1 Å². The van der Waals surface area contributed by atoms with Crippen molar-refractivity contribution in [3.05, 3.63) is 53.6 Å². The van der Waals surface area contributed by atoms with Gasteiger partial charge in [-0.3, -0.25) is 0 Å². The third kappa shape index (κ3) is 2.65. The Hall–Kier alpha value is -1.94. The zero-order chi connectivity index (χ0) is 13.8. The van der Waals surface area contributed by atoms with Crippen molar-refractivity contribution in [2.45, 2.75) is 32.4 Å². The molecule has 0 saturated carbocycles. The van der Waals surface area contributed by atoms with Crippen molar-refractivity contribution in [1.82, 2.24) is 15.3 Å². The van der Waals surface area contributed by atoms with Crippen LogP contribution in [0, 0.1) is 0 Å². The molecule has 104 valence electrons. The predicted molar refractivity (Wildman–Crippen MR) is 77.5 cm³/mol. The Morgan fingerprint density at radius 2 is 2.10 bits per heavy atom. The van der Waals surface area contributed by atoms with Crippen LogP contribution in [-0.2, 0) is 13.0 Å². The molecule has 1 aromatic heterocycles. The molecule has 2 aromatic rings. The van der Waals surface area contributed by atoms with Gasteiger partial charge in [0.25, 0.3) is 0 Å². The number of nitrogens with zero attached hydrogens (tertiary/aromatic N) is 2. The molecule has 0 amide bonds. The third-order valence-electron chi connectivity index (χ3n) is 3.65. The average Bonchev–Trinajstić information content (AvgIpc) is 2.91. The van der Waals surface area contributed by atoms with Gasteiger partial charge in [0.1, 0.15) is 12.4 Å². The molecule has 0 fully saturated rings. The van der Waals surface area contributed by atoms with Crippen molar-refractivity contribution in [2.24, 2.45) is 0 Å². The SMILES string of the molecule is CCNC1CCc2c(OCc3ncccn3)cccc21. The van der Waals surface area contributed by atoms with Crippen molar-refractivity contribution in [2.75, 3.05) is 6.54 Å². The molecule has 4 heteroatoms. The fourth-order valence-electron chi connectivity index (χ4n) is 2.76. The number of ether oxygens (including phenoxy) is 1. The first-order valence-corrected chi connectivity index (χ1v) is 7.12. The van der Waals surface area contributed by atoms with E-state index in [0.29, 0.717) is 18.5 Å². The quantitative estimate of drug-likeness (QED) is 0.906. The predicted octanol–water partition coefficient (Wildman–Crippen LogP) is 2.65. The van der Waals surface area contributed by atoms with Crippen molar-refractivity contribution in [1.29, 1.82) is 0 Å². The summed E-state index contributed by atoms with van der Waals surface area (Å²) in [7, 11) is 0. The fraction of sp³-hybridized carbons (Fsp3) is 0.375. The molecule has 1 unspecified atom stereocenters. The van der Waals surface area contributed by atoms with E-state index in [9.17, 15) is 0 Å². The fourth-order valence-corrected chi connectivity index (χ4v) is 2.76. The Bertz CT molecular complexity index is 571. The summed E-state index contributed by atoms with van der Waals surface area (Å²) in [6.07, 6.45) is 5.69. The topological polar surface area (TPSA) is 47.0 Å². The number of nitrogens with one attached hydrogen (secondary N) is 1. The molecule has 1 aromatic carbocycles. The molecule has 0 saturated heterocycles. The van der Waals surface area contributed by atoms with Crippen molar-refractivity contribution in [3.8, 4) is 5.75 Å². The molecular weight excluding hydrogens is 250 g/mol. The highest BCUT2D eigenvalue weighted by Gasteiger charge is 2.24. The van der Waals surface area contributed by atoms with Gasteiger partial charge in [0, 0.05) is 18.4 Å². The van der Waals surface area contributed by atoms with E-state index in [1.165, 1.54) is 11.1 Å². The Morgan fingerprint density at radius 1 is 1.25 bits per heavy atom. The lowest BCUT2D eigenvalue weighted by Crippen LogP contribution is -2.18. The van der Waals surface area contributed by atoms with Gasteiger partial charge >= 0.3 is 0 Å². The first-order chi connectivity index (χ1) is 9.88.